The van der Waals surface area contributed by atoms with Gasteiger partial charge in [0.2, 0.25) is 0 Å². The number of aliphatic hydroxyl groups excluding tert-OH is 1. The summed E-state index contributed by atoms with van der Waals surface area (Å²) in [6.45, 7) is 11.1. The highest BCUT2D eigenvalue weighted by atomic mass is 16.3. The van der Waals surface area contributed by atoms with Crippen molar-refractivity contribution in [1.82, 2.24) is 15.6 Å². The van der Waals surface area contributed by atoms with Crippen molar-refractivity contribution in [3.05, 3.63) is 23.9 Å². The molecule has 0 unspecified atom stereocenters. The average molecular weight is 348 g/mol. The normalized spacial score (nSPS) is 16.4. The number of nitrogens with zero attached hydrogens (tertiary/aromatic N) is 3. The van der Waals surface area contributed by atoms with Crippen molar-refractivity contribution < 1.29 is 5.11 Å². The summed E-state index contributed by atoms with van der Waals surface area (Å²) in [7, 11) is 0. The Labute approximate surface area is 151 Å². The predicted octanol–water partition coefficient (Wildman–Crippen LogP) is 2.00. The van der Waals surface area contributed by atoms with E-state index in [9.17, 15) is 5.11 Å². The second-order valence-corrected chi connectivity index (χ2v) is 7.11. The van der Waals surface area contributed by atoms with Gasteiger partial charge in [0.05, 0.1) is 6.54 Å². The molecule has 0 bridgehead atoms. The van der Waals surface area contributed by atoms with Crippen LogP contribution in [0.3, 0.4) is 0 Å². The lowest BCUT2D eigenvalue weighted by molar-refractivity contribution is 0.203. The van der Waals surface area contributed by atoms with E-state index in [0.717, 1.165) is 56.4 Å². The first kappa shape index (κ1) is 19.5. The number of aromatic nitrogens is 1. The fourth-order valence-corrected chi connectivity index (χ4v) is 2.85. The van der Waals surface area contributed by atoms with Gasteiger partial charge in [-0.2, -0.15) is 0 Å². The van der Waals surface area contributed by atoms with Gasteiger partial charge in [0.15, 0.2) is 5.96 Å². The summed E-state index contributed by atoms with van der Waals surface area (Å²) in [6.07, 6.45) is 4.00. The van der Waals surface area contributed by atoms with E-state index in [2.05, 4.69) is 58.4 Å². The van der Waals surface area contributed by atoms with Crippen molar-refractivity contribution in [2.75, 3.05) is 37.7 Å². The van der Waals surface area contributed by atoms with Crippen LogP contribution in [0.15, 0.2) is 23.3 Å². The van der Waals surface area contributed by atoms with Gasteiger partial charge in [0.25, 0.3) is 0 Å². The van der Waals surface area contributed by atoms with Gasteiger partial charge in [0.1, 0.15) is 5.82 Å². The molecule has 2 rings (SSSR count). The number of guanidine groups is 1. The minimum absolute atomic E-state index is 0.303. The van der Waals surface area contributed by atoms with Crippen molar-refractivity contribution in [1.29, 1.82) is 0 Å². The monoisotopic (exact) mass is 347 g/mol. The predicted molar refractivity (Wildman–Crippen MR) is 104 cm³/mol. The highest BCUT2D eigenvalue weighted by Crippen LogP contribution is 2.21. The van der Waals surface area contributed by atoms with E-state index in [4.69, 9.17) is 0 Å². The molecule has 6 heteroatoms. The van der Waals surface area contributed by atoms with Gasteiger partial charge in [-0.3, -0.25) is 0 Å². The molecule has 0 aromatic carbocycles. The van der Waals surface area contributed by atoms with Crippen molar-refractivity contribution >= 4 is 11.8 Å². The van der Waals surface area contributed by atoms with E-state index in [1.807, 2.05) is 6.20 Å². The van der Waals surface area contributed by atoms with Crippen LogP contribution in [0.25, 0.3) is 0 Å². The molecular weight excluding hydrogens is 314 g/mol. The van der Waals surface area contributed by atoms with Crippen LogP contribution in [0, 0.1) is 11.8 Å². The third-order valence-electron chi connectivity index (χ3n) is 4.45. The Balaban J connectivity index is 1.89. The molecule has 1 fully saturated rings. The number of anilines is 1. The largest absolute Gasteiger partial charge is 0.396 e. The molecule has 0 atom stereocenters. The second-order valence-electron chi connectivity index (χ2n) is 7.11. The molecule has 0 amide bonds. The maximum atomic E-state index is 9.24. The van der Waals surface area contributed by atoms with E-state index in [0.29, 0.717) is 25.0 Å². The number of pyridine rings is 1. The summed E-state index contributed by atoms with van der Waals surface area (Å²) in [4.78, 5) is 11.5. The Morgan fingerprint density at radius 2 is 2.08 bits per heavy atom. The van der Waals surface area contributed by atoms with Gasteiger partial charge < -0.3 is 20.6 Å². The first-order valence-corrected chi connectivity index (χ1v) is 9.45. The Hall–Kier alpha value is -1.82. The molecule has 1 aromatic rings. The number of hydrogen-bond acceptors (Lipinski definition) is 4. The zero-order valence-corrected chi connectivity index (χ0v) is 15.8. The molecule has 0 aliphatic carbocycles. The van der Waals surface area contributed by atoms with Gasteiger partial charge in [0, 0.05) is 39.0 Å². The molecule has 6 nitrogen and oxygen atoms in total. The third kappa shape index (κ3) is 6.53. The molecule has 1 aromatic heterocycles. The first-order valence-electron chi connectivity index (χ1n) is 9.45. The number of hydrogen-bond donors (Lipinski definition) is 3. The van der Waals surface area contributed by atoms with Crippen molar-refractivity contribution in [3.8, 4) is 0 Å². The lowest BCUT2D eigenvalue weighted by atomic mass is 9.98. The number of aliphatic hydroxyl groups is 1. The standard InChI is InChI=1S/C19H33N5O/c1-4-20-19(22-11-15(2)3)23-13-17-5-6-18(21-12-17)24-9-7-16(14-25)8-10-24/h5-6,12,15-16,25H,4,7-11,13-14H2,1-3H3,(H2,20,22,23). The van der Waals surface area contributed by atoms with Crippen LogP contribution in [-0.4, -0.2) is 48.8 Å². The van der Waals surface area contributed by atoms with Crippen LogP contribution >= 0.6 is 0 Å². The average Bonchev–Trinajstić information content (AvgIpc) is 2.64. The SMILES string of the molecule is CCNC(=NCc1ccc(N2CCC(CO)CC2)nc1)NCC(C)C. The number of nitrogens with one attached hydrogen (secondary N) is 2. The van der Waals surface area contributed by atoms with E-state index in [-0.39, 0.29) is 0 Å². The highest BCUT2D eigenvalue weighted by Gasteiger charge is 2.19. The van der Waals surface area contributed by atoms with Crippen LogP contribution in [0.2, 0.25) is 0 Å². The molecule has 1 saturated heterocycles. The first-order chi connectivity index (χ1) is 12.1. The van der Waals surface area contributed by atoms with Crippen molar-refractivity contribution in [2.45, 2.75) is 40.2 Å². The van der Waals surface area contributed by atoms with Gasteiger partial charge in [-0.1, -0.05) is 19.9 Å². The lowest BCUT2D eigenvalue weighted by Gasteiger charge is -2.31. The highest BCUT2D eigenvalue weighted by molar-refractivity contribution is 5.79. The van der Waals surface area contributed by atoms with Crippen LogP contribution in [0.1, 0.15) is 39.2 Å². The number of piperidine rings is 1. The van der Waals surface area contributed by atoms with Gasteiger partial charge >= 0.3 is 0 Å². The van der Waals surface area contributed by atoms with Crippen LogP contribution in [-0.2, 0) is 6.54 Å². The summed E-state index contributed by atoms with van der Waals surface area (Å²) < 4.78 is 0. The van der Waals surface area contributed by atoms with Crippen LogP contribution < -0.4 is 15.5 Å². The molecule has 140 valence electrons. The number of rotatable bonds is 7. The Bertz CT molecular complexity index is 521. The Kier molecular flexibility index (Phi) is 7.98. The number of aliphatic imine (C=N–C) groups is 1. The molecule has 0 saturated carbocycles. The molecule has 0 radical (unpaired) electrons. The molecule has 0 spiro atoms. The van der Waals surface area contributed by atoms with Gasteiger partial charge in [-0.25, -0.2) is 9.98 Å². The summed E-state index contributed by atoms with van der Waals surface area (Å²) >= 11 is 0. The summed E-state index contributed by atoms with van der Waals surface area (Å²) in [5.74, 6) is 2.91. The van der Waals surface area contributed by atoms with Crippen molar-refractivity contribution in [2.24, 2.45) is 16.8 Å². The zero-order chi connectivity index (χ0) is 18.1. The fraction of sp³-hybridized carbons (Fsp3) is 0.684. The van der Waals surface area contributed by atoms with Crippen LogP contribution in [0.5, 0.6) is 0 Å². The smallest absolute Gasteiger partial charge is 0.191 e. The Morgan fingerprint density at radius 3 is 2.64 bits per heavy atom. The maximum absolute atomic E-state index is 9.24. The minimum atomic E-state index is 0.303. The van der Waals surface area contributed by atoms with E-state index in [1.165, 1.54) is 0 Å². The Morgan fingerprint density at radius 1 is 1.32 bits per heavy atom. The molecule has 2 heterocycles. The van der Waals surface area contributed by atoms with Crippen LogP contribution in [0.4, 0.5) is 5.82 Å². The van der Waals surface area contributed by atoms with Gasteiger partial charge in [-0.15, -0.1) is 0 Å². The quantitative estimate of drug-likeness (QED) is 0.520. The summed E-state index contributed by atoms with van der Waals surface area (Å²) in [5, 5.41) is 15.9. The molecule has 1 aliphatic heterocycles. The van der Waals surface area contributed by atoms with Gasteiger partial charge in [-0.05, 0) is 43.2 Å². The van der Waals surface area contributed by atoms with E-state index < -0.39 is 0 Å². The third-order valence-corrected chi connectivity index (χ3v) is 4.45. The molecule has 3 N–H and O–H groups in total. The van der Waals surface area contributed by atoms with Crippen molar-refractivity contribution in [3.63, 3.8) is 0 Å². The molecule has 1 aliphatic rings. The molecular formula is C19H33N5O. The maximum Gasteiger partial charge on any atom is 0.191 e. The summed E-state index contributed by atoms with van der Waals surface area (Å²) in [6, 6.07) is 4.19. The molecule has 25 heavy (non-hydrogen) atoms. The lowest BCUT2D eigenvalue weighted by Crippen LogP contribution is -2.39. The fourth-order valence-electron chi connectivity index (χ4n) is 2.85. The summed E-state index contributed by atoms with van der Waals surface area (Å²) in [5.41, 5.74) is 1.11. The minimum Gasteiger partial charge on any atom is -0.396 e. The second kappa shape index (κ2) is 10.2. The topological polar surface area (TPSA) is 72.8 Å². The zero-order valence-electron chi connectivity index (χ0n) is 15.8. The van der Waals surface area contributed by atoms with E-state index >= 15 is 0 Å². The van der Waals surface area contributed by atoms with E-state index in [1.54, 1.807) is 0 Å².